The van der Waals surface area contributed by atoms with Crippen molar-refractivity contribution in [1.29, 1.82) is 0 Å². The number of nitro groups is 1. The summed E-state index contributed by atoms with van der Waals surface area (Å²) in [7, 11) is 3.19. The molecule has 162 valence electrons. The summed E-state index contributed by atoms with van der Waals surface area (Å²) in [6.07, 6.45) is 0.142. The number of hydrogen-bond donors (Lipinski definition) is 0. The van der Waals surface area contributed by atoms with Crippen molar-refractivity contribution < 1.29 is 19.1 Å². The van der Waals surface area contributed by atoms with Gasteiger partial charge in [-0.3, -0.25) is 10.1 Å². The van der Waals surface area contributed by atoms with Gasteiger partial charge in [0.05, 0.1) is 30.9 Å². The Hall–Kier alpha value is -4.07. The van der Waals surface area contributed by atoms with Crippen molar-refractivity contribution in [2.45, 2.75) is 18.7 Å². The van der Waals surface area contributed by atoms with Crippen LogP contribution in [-0.4, -0.2) is 29.9 Å². The molecule has 0 aromatic heterocycles. The first-order valence-electron chi connectivity index (χ1n) is 10.2. The second kappa shape index (κ2) is 7.88. The maximum Gasteiger partial charge on any atom is 0.270 e. The molecule has 3 aromatic carbocycles. The smallest absolute Gasteiger partial charge is 0.270 e. The summed E-state index contributed by atoms with van der Waals surface area (Å²) < 4.78 is 17.1. The molecule has 0 aliphatic carbocycles. The number of non-ortho nitro benzene ring substituents is 1. The molecule has 5 rings (SSSR count). The third-order valence-corrected chi connectivity index (χ3v) is 5.79. The van der Waals surface area contributed by atoms with Crippen LogP contribution >= 0.6 is 0 Å². The first kappa shape index (κ1) is 19.9. The molecule has 0 saturated carbocycles. The molecule has 0 saturated heterocycles. The van der Waals surface area contributed by atoms with Crippen LogP contribution in [0.25, 0.3) is 0 Å². The quantitative estimate of drug-likeness (QED) is 0.424. The highest BCUT2D eigenvalue weighted by atomic mass is 16.6. The van der Waals surface area contributed by atoms with Crippen LogP contribution in [0.15, 0.2) is 71.8 Å². The van der Waals surface area contributed by atoms with E-state index < -0.39 is 6.23 Å². The molecule has 0 N–H and O–H groups in total. The Balaban J connectivity index is 1.59. The van der Waals surface area contributed by atoms with Crippen LogP contribution in [-0.2, 0) is 0 Å². The van der Waals surface area contributed by atoms with Gasteiger partial charge in [-0.1, -0.05) is 30.3 Å². The van der Waals surface area contributed by atoms with Gasteiger partial charge >= 0.3 is 0 Å². The average Bonchev–Trinajstić information content (AvgIpc) is 3.29. The van der Waals surface area contributed by atoms with Gasteiger partial charge in [-0.05, 0) is 24.3 Å². The first-order valence-corrected chi connectivity index (χ1v) is 10.2. The number of methoxy groups -OCH3 is 2. The molecule has 2 aliphatic rings. The van der Waals surface area contributed by atoms with Crippen molar-refractivity contribution in [1.82, 2.24) is 5.01 Å². The lowest BCUT2D eigenvalue weighted by atomic mass is 9.95. The van der Waals surface area contributed by atoms with Gasteiger partial charge in [-0.15, -0.1) is 0 Å². The lowest BCUT2D eigenvalue weighted by molar-refractivity contribution is -0.385. The van der Waals surface area contributed by atoms with Gasteiger partial charge in [-0.2, -0.15) is 5.10 Å². The molecule has 0 radical (unpaired) electrons. The molecular weight excluding hydrogens is 410 g/mol. The summed E-state index contributed by atoms with van der Waals surface area (Å²) in [4.78, 5) is 11.0. The molecule has 0 amide bonds. The van der Waals surface area contributed by atoms with Gasteiger partial charge < -0.3 is 14.2 Å². The third-order valence-electron chi connectivity index (χ3n) is 5.79. The van der Waals surface area contributed by atoms with Gasteiger partial charge in [0.25, 0.3) is 5.69 Å². The molecule has 0 fully saturated rings. The fraction of sp³-hybridized carbons (Fsp3) is 0.208. The Morgan fingerprint density at radius 2 is 1.81 bits per heavy atom. The third kappa shape index (κ3) is 3.30. The van der Waals surface area contributed by atoms with Crippen LogP contribution < -0.4 is 14.2 Å². The highest BCUT2D eigenvalue weighted by Crippen LogP contribution is 2.48. The monoisotopic (exact) mass is 431 g/mol. The molecule has 0 spiro atoms. The Morgan fingerprint density at radius 3 is 2.53 bits per heavy atom. The molecule has 8 nitrogen and oxygen atoms in total. The van der Waals surface area contributed by atoms with Gasteiger partial charge in [-0.25, -0.2) is 5.01 Å². The molecule has 2 atom stereocenters. The van der Waals surface area contributed by atoms with Crippen LogP contribution in [0, 0.1) is 10.1 Å². The highest BCUT2D eigenvalue weighted by molar-refractivity contribution is 6.02. The fourth-order valence-electron chi connectivity index (χ4n) is 4.22. The second-order valence-electron chi connectivity index (χ2n) is 7.58. The summed E-state index contributed by atoms with van der Waals surface area (Å²) in [5.41, 5.74) is 3.49. The van der Waals surface area contributed by atoms with Crippen LogP contribution in [0.3, 0.4) is 0 Å². The zero-order chi connectivity index (χ0) is 22.2. The molecule has 0 bridgehead atoms. The summed E-state index contributed by atoms with van der Waals surface area (Å²) in [5, 5.41) is 18.2. The number of hydrazone groups is 1. The molecule has 32 heavy (non-hydrogen) atoms. The van der Waals surface area contributed by atoms with Gasteiger partial charge in [0, 0.05) is 35.2 Å². The van der Waals surface area contributed by atoms with Crippen molar-refractivity contribution in [3.63, 3.8) is 0 Å². The van der Waals surface area contributed by atoms with E-state index in [1.165, 1.54) is 6.07 Å². The lowest BCUT2D eigenvalue weighted by Gasteiger charge is -2.38. The van der Waals surface area contributed by atoms with Crippen molar-refractivity contribution in [3.8, 4) is 17.2 Å². The number of benzene rings is 3. The van der Waals surface area contributed by atoms with Crippen molar-refractivity contribution >= 4 is 11.4 Å². The van der Waals surface area contributed by atoms with Crippen LogP contribution in [0.2, 0.25) is 0 Å². The number of ether oxygens (including phenoxy) is 3. The number of hydrogen-bond acceptors (Lipinski definition) is 7. The molecular formula is C24H21N3O5. The fourth-order valence-corrected chi connectivity index (χ4v) is 4.22. The topological polar surface area (TPSA) is 86.4 Å². The van der Waals surface area contributed by atoms with E-state index in [9.17, 15) is 10.1 Å². The van der Waals surface area contributed by atoms with E-state index in [1.807, 2.05) is 53.5 Å². The summed E-state index contributed by atoms with van der Waals surface area (Å²) in [6.45, 7) is 0. The minimum atomic E-state index is -0.437. The van der Waals surface area contributed by atoms with Crippen LogP contribution in [0.5, 0.6) is 17.2 Å². The molecule has 3 aromatic rings. The van der Waals surface area contributed by atoms with E-state index in [4.69, 9.17) is 19.3 Å². The van der Waals surface area contributed by atoms with E-state index in [-0.39, 0.29) is 16.7 Å². The number of rotatable bonds is 5. The lowest BCUT2D eigenvalue weighted by Crippen LogP contribution is -2.33. The summed E-state index contributed by atoms with van der Waals surface area (Å²) in [5.74, 6) is 1.89. The highest BCUT2D eigenvalue weighted by Gasteiger charge is 2.41. The van der Waals surface area contributed by atoms with Gasteiger partial charge in [0.15, 0.2) is 11.5 Å². The predicted molar refractivity (Wildman–Crippen MR) is 118 cm³/mol. The molecule has 2 heterocycles. The van der Waals surface area contributed by atoms with Crippen molar-refractivity contribution in [2.24, 2.45) is 5.10 Å². The molecule has 2 aliphatic heterocycles. The van der Waals surface area contributed by atoms with E-state index in [0.29, 0.717) is 23.7 Å². The number of fused-ring (bicyclic) bond motifs is 3. The van der Waals surface area contributed by atoms with Gasteiger partial charge in [0.2, 0.25) is 6.23 Å². The SMILES string of the molecule is COc1ccc(C2=NN3[C@@H](c4ccccc4)Oc4ccc([N+](=O)[O-])cc4[C@@H]3C2)cc1OC. The number of nitro benzene ring substituents is 1. The molecule has 8 heteroatoms. The largest absolute Gasteiger partial charge is 0.493 e. The number of nitrogens with zero attached hydrogens (tertiary/aromatic N) is 3. The van der Waals surface area contributed by atoms with Crippen LogP contribution in [0.4, 0.5) is 5.69 Å². The standard InChI is InChI=1S/C24H21N3O5/c1-30-22-10-8-16(12-23(22)31-2)19-14-20-18-13-17(27(28)29)9-11-21(18)32-24(26(20)25-19)15-6-4-3-5-7-15/h3-13,20,24H,14H2,1-2H3/t20-,24+/m0/s1. The minimum absolute atomic E-state index is 0.0324. The zero-order valence-corrected chi connectivity index (χ0v) is 17.6. The maximum absolute atomic E-state index is 11.4. The Labute approximate surface area is 184 Å². The van der Waals surface area contributed by atoms with E-state index in [2.05, 4.69) is 0 Å². The zero-order valence-electron chi connectivity index (χ0n) is 17.6. The second-order valence-corrected chi connectivity index (χ2v) is 7.58. The van der Waals surface area contributed by atoms with Crippen LogP contribution in [0.1, 0.15) is 35.4 Å². The van der Waals surface area contributed by atoms with Crippen molar-refractivity contribution in [2.75, 3.05) is 14.2 Å². The van der Waals surface area contributed by atoms with Gasteiger partial charge in [0.1, 0.15) is 5.75 Å². The summed E-state index contributed by atoms with van der Waals surface area (Å²) in [6, 6.07) is 20.0. The maximum atomic E-state index is 11.4. The normalized spacial score (nSPS) is 18.8. The Morgan fingerprint density at radius 1 is 1.03 bits per heavy atom. The first-order chi connectivity index (χ1) is 15.6. The van der Waals surface area contributed by atoms with E-state index in [1.54, 1.807) is 26.4 Å². The van der Waals surface area contributed by atoms with Crippen molar-refractivity contribution in [3.05, 3.63) is 93.5 Å². The minimum Gasteiger partial charge on any atom is -0.493 e. The average molecular weight is 431 g/mol. The molecule has 0 unspecified atom stereocenters. The van der Waals surface area contributed by atoms with E-state index >= 15 is 0 Å². The summed E-state index contributed by atoms with van der Waals surface area (Å²) >= 11 is 0. The Kier molecular flexibility index (Phi) is 4.89. The predicted octanol–water partition coefficient (Wildman–Crippen LogP) is 4.85. The Bertz CT molecular complexity index is 1210. The van der Waals surface area contributed by atoms with E-state index in [0.717, 1.165) is 22.4 Å².